The molecule has 0 aliphatic carbocycles. The lowest BCUT2D eigenvalue weighted by Crippen LogP contribution is -2.13. The highest BCUT2D eigenvalue weighted by molar-refractivity contribution is 9.10. The summed E-state index contributed by atoms with van der Waals surface area (Å²) in [6.45, 7) is 3.27. The summed E-state index contributed by atoms with van der Waals surface area (Å²) in [6, 6.07) is 3.87. The fraction of sp³-hybridized carbons (Fsp3) is 0.333. The standard InChI is InChI=1S/C12H12BrN3O3/c1-7-15-12(19-16-7)5-14-4-8-2-10-11(3-9(8)13)18-6-17-10/h2-3,14H,4-6H2,1H3. The van der Waals surface area contributed by atoms with Crippen molar-refractivity contribution in [3.8, 4) is 11.5 Å². The van der Waals surface area contributed by atoms with Crippen molar-refractivity contribution in [1.82, 2.24) is 15.5 Å². The van der Waals surface area contributed by atoms with Crippen molar-refractivity contribution in [3.05, 3.63) is 33.9 Å². The zero-order chi connectivity index (χ0) is 13.2. The predicted molar refractivity (Wildman–Crippen MR) is 69.8 cm³/mol. The van der Waals surface area contributed by atoms with Crippen molar-refractivity contribution >= 4 is 15.9 Å². The Hall–Kier alpha value is -1.60. The van der Waals surface area contributed by atoms with Gasteiger partial charge in [-0.3, -0.25) is 0 Å². The van der Waals surface area contributed by atoms with Gasteiger partial charge in [0.05, 0.1) is 6.54 Å². The Balaban J connectivity index is 1.64. The molecular formula is C12H12BrN3O3. The zero-order valence-corrected chi connectivity index (χ0v) is 11.9. The molecule has 2 heterocycles. The van der Waals surface area contributed by atoms with E-state index in [1.165, 1.54) is 0 Å². The topological polar surface area (TPSA) is 69.4 Å². The molecule has 0 unspecified atom stereocenters. The summed E-state index contributed by atoms with van der Waals surface area (Å²) in [6.07, 6.45) is 0. The molecule has 1 aliphatic rings. The Labute approximate surface area is 118 Å². The largest absolute Gasteiger partial charge is 0.454 e. The molecule has 0 atom stereocenters. The molecule has 0 saturated carbocycles. The number of nitrogens with zero attached hydrogens (tertiary/aromatic N) is 2. The Bertz CT molecular complexity index is 600. The lowest BCUT2D eigenvalue weighted by Gasteiger charge is -2.06. The van der Waals surface area contributed by atoms with Crippen LogP contribution in [0.2, 0.25) is 0 Å². The van der Waals surface area contributed by atoms with Crippen LogP contribution in [0.15, 0.2) is 21.1 Å². The number of hydrogen-bond acceptors (Lipinski definition) is 6. The number of benzene rings is 1. The first-order valence-corrected chi connectivity index (χ1v) is 6.59. The van der Waals surface area contributed by atoms with Gasteiger partial charge in [0.15, 0.2) is 17.3 Å². The van der Waals surface area contributed by atoms with Gasteiger partial charge in [0.1, 0.15) is 0 Å². The second-order valence-electron chi connectivity index (χ2n) is 4.14. The first kappa shape index (κ1) is 12.4. The van der Waals surface area contributed by atoms with Crippen LogP contribution >= 0.6 is 15.9 Å². The molecule has 1 aliphatic heterocycles. The number of hydrogen-bond donors (Lipinski definition) is 1. The van der Waals surface area contributed by atoms with Gasteiger partial charge in [-0.1, -0.05) is 21.1 Å². The fourth-order valence-electron chi connectivity index (χ4n) is 1.81. The molecule has 3 rings (SSSR count). The van der Waals surface area contributed by atoms with Crippen molar-refractivity contribution in [2.24, 2.45) is 0 Å². The second kappa shape index (κ2) is 5.18. The summed E-state index contributed by atoms with van der Waals surface area (Å²) in [4.78, 5) is 4.13. The molecule has 2 aromatic rings. The molecule has 0 spiro atoms. The van der Waals surface area contributed by atoms with Crippen LogP contribution in [0.1, 0.15) is 17.3 Å². The first-order valence-electron chi connectivity index (χ1n) is 5.80. The maximum absolute atomic E-state index is 5.35. The highest BCUT2D eigenvalue weighted by Crippen LogP contribution is 2.36. The molecule has 0 amide bonds. The summed E-state index contributed by atoms with van der Waals surface area (Å²) < 4.78 is 16.7. The lowest BCUT2D eigenvalue weighted by atomic mass is 10.2. The van der Waals surface area contributed by atoms with E-state index < -0.39 is 0 Å². The molecule has 6 nitrogen and oxygen atoms in total. The van der Waals surface area contributed by atoms with Crippen molar-refractivity contribution in [2.45, 2.75) is 20.0 Å². The average molecular weight is 326 g/mol. The number of aryl methyl sites for hydroxylation is 1. The van der Waals surface area contributed by atoms with E-state index in [0.29, 0.717) is 24.8 Å². The molecule has 0 saturated heterocycles. The third kappa shape index (κ3) is 2.71. The SMILES string of the molecule is Cc1noc(CNCc2cc3c(cc2Br)OCO3)n1. The van der Waals surface area contributed by atoms with Crippen LogP contribution in [0.5, 0.6) is 11.5 Å². The van der Waals surface area contributed by atoms with Crippen molar-refractivity contribution in [3.63, 3.8) is 0 Å². The van der Waals surface area contributed by atoms with Gasteiger partial charge >= 0.3 is 0 Å². The number of halogens is 1. The second-order valence-corrected chi connectivity index (χ2v) is 4.99. The first-order chi connectivity index (χ1) is 9.22. The summed E-state index contributed by atoms with van der Waals surface area (Å²) >= 11 is 3.51. The average Bonchev–Trinajstić information content (AvgIpc) is 2.98. The molecule has 1 aromatic heterocycles. The van der Waals surface area contributed by atoms with E-state index in [1.54, 1.807) is 6.92 Å². The number of fused-ring (bicyclic) bond motifs is 1. The number of nitrogens with one attached hydrogen (secondary N) is 1. The molecule has 0 radical (unpaired) electrons. The number of aromatic nitrogens is 2. The minimum absolute atomic E-state index is 0.278. The van der Waals surface area contributed by atoms with Gasteiger partial charge in [-0.2, -0.15) is 4.98 Å². The van der Waals surface area contributed by atoms with Crippen LogP contribution in [0.3, 0.4) is 0 Å². The highest BCUT2D eigenvalue weighted by atomic mass is 79.9. The molecule has 1 N–H and O–H groups in total. The van der Waals surface area contributed by atoms with E-state index in [9.17, 15) is 0 Å². The van der Waals surface area contributed by atoms with Crippen LogP contribution in [-0.2, 0) is 13.1 Å². The van der Waals surface area contributed by atoms with Crippen LogP contribution < -0.4 is 14.8 Å². The van der Waals surface area contributed by atoms with Crippen molar-refractivity contribution in [2.75, 3.05) is 6.79 Å². The summed E-state index contributed by atoms with van der Waals surface area (Å²) in [5.74, 6) is 2.76. The van der Waals surface area contributed by atoms with Crippen LogP contribution in [0.25, 0.3) is 0 Å². The van der Waals surface area contributed by atoms with Crippen molar-refractivity contribution in [1.29, 1.82) is 0 Å². The number of rotatable bonds is 4. The molecule has 0 bridgehead atoms. The van der Waals surface area contributed by atoms with Gasteiger partial charge in [0, 0.05) is 11.0 Å². The molecule has 19 heavy (non-hydrogen) atoms. The monoisotopic (exact) mass is 325 g/mol. The fourth-order valence-corrected chi connectivity index (χ4v) is 2.27. The van der Waals surface area contributed by atoms with Gasteiger partial charge in [0.2, 0.25) is 12.7 Å². The van der Waals surface area contributed by atoms with Gasteiger partial charge in [-0.05, 0) is 24.6 Å². The maximum Gasteiger partial charge on any atom is 0.240 e. The number of ether oxygens (including phenoxy) is 2. The maximum atomic E-state index is 5.35. The quantitative estimate of drug-likeness (QED) is 0.928. The molecule has 100 valence electrons. The van der Waals surface area contributed by atoms with E-state index in [4.69, 9.17) is 14.0 Å². The van der Waals surface area contributed by atoms with Crippen LogP contribution in [0.4, 0.5) is 0 Å². The van der Waals surface area contributed by atoms with Gasteiger partial charge in [-0.15, -0.1) is 0 Å². The van der Waals surface area contributed by atoms with Crippen LogP contribution in [-0.4, -0.2) is 16.9 Å². The Morgan fingerprint density at radius 3 is 2.79 bits per heavy atom. The van der Waals surface area contributed by atoms with Gasteiger partial charge < -0.3 is 19.3 Å². The normalized spacial score (nSPS) is 12.9. The van der Waals surface area contributed by atoms with Crippen molar-refractivity contribution < 1.29 is 14.0 Å². The molecule has 0 fully saturated rings. The van der Waals surface area contributed by atoms with E-state index in [-0.39, 0.29) is 6.79 Å². The summed E-state index contributed by atoms with van der Waals surface area (Å²) in [7, 11) is 0. The minimum Gasteiger partial charge on any atom is -0.454 e. The minimum atomic E-state index is 0.278. The predicted octanol–water partition coefficient (Wildman–Crippen LogP) is 2.16. The van der Waals surface area contributed by atoms with E-state index >= 15 is 0 Å². The molecule has 1 aromatic carbocycles. The smallest absolute Gasteiger partial charge is 0.240 e. The third-order valence-corrected chi connectivity index (χ3v) is 3.44. The van der Waals surface area contributed by atoms with E-state index in [2.05, 4.69) is 31.4 Å². The van der Waals surface area contributed by atoms with E-state index in [0.717, 1.165) is 21.5 Å². The Morgan fingerprint density at radius 2 is 2.05 bits per heavy atom. The Kier molecular flexibility index (Phi) is 3.39. The van der Waals surface area contributed by atoms with Gasteiger partial charge in [0.25, 0.3) is 0 Å². The van der Waals surface area contributed by atoms with E-state index in [1.807, 2.05) is 12.1 Å². The zero-order valence-electron chi connectivity index (χ0n) is 10.3. The highest BCUT2D eigenvalue weighted by Gasteiger charge is 2.16. The Morgan fingerprint density at radius 1 is 1.26 bits per heavy atom. The summed E-state index contributed by atoms with van der Waals surface area (Å²) in [5.41, 5.74) is 1.08. The molecular weight excluding hydrogens is 314 g/mol. The molecule has 7 heteroatoms. The van der Waals surface area contributed by atoms with Crippen LogP contribution in [0, 0.1) is 6.92 Å². The lowest BCUT2D eigenvalue weighted by molar-refractivity contribution is 0.174. The third-order valence-electron chi connectivity index (χ3n) is 2.70. The van der Waals surface area contributed by atoms with Gasteiger partial charge in [-0.25, -0.2) is 0 Å². The summed E-state index contributed by atoms with van der Waals surface area (Å²) in [5, 5.41) is 6.98.